The van der Waals surface area contributed by atoms with E-state index in [1.54, 1.807) is 0 Å². The van der Waals surface area contributed by atoms with Gasteiger partial charge in [-0.2, -0.15) is 0 Å². The van der Waals surface area contributed by atoms with Crippen LogP contribution in [-0.4, -0.2) is 65.8 Å². The van der Waals surface area contributed by atoms with Crippen LogP contribution < -0.4 is 0 Å². The first kappa shape index (κ1) is 19.4. The molecule has 2 heterocycles. The lowest BCUT2D eigenvalue weighted by atomic mass is 9.92. The Balaban J connectivity index is 1.28. The molecule has 3 aliphatic rings. The number of likely N-dealkylation sites (tertiary alicyclic amines) is 2. The highest BCUT2D eigenvalue weighted by molar-refractivity contribution is 5.81. The van der Waals surface area contributed by atoms with E-state index < -0.39 is 0 Å². The van der Waals surface area contributed by atoms with Gasteiger partial charge in [0, 0.05) is 45.2 Å². The summed E-state index contributed by atoms with van der Waals surface area (Å²) in [5.74, 6) is 1.09. The van der Waals surface area contributed by atoms with Crippen LogP contribution in [0.15, 0.2) is 30.3 Å². The average molecular weight is 384 g/mol. The van der Waals surface area contributed by atoms with Gasteiger partial charge in [-0.05, 0) is 50.6 Å². The van der Waals surface area contributed by atoms with E-state index in [4.69, 9.17) is 0 Å². The van der Waals surface area contributed by atoms with E-state index in [-0.39, 0.29) is 11.8 Å². The third-order valence-corrected chi connectivity index (χ3v) is 6.66. The third-order valence-electron chi connectivity index (χ3n) is 6.66. The first-order valence-corrected chi connectivity index (χ1v) is 10.9. The number of nitrogens with zero attached hydrogens (tertiary/aromatic N) is 3. The second kappa shape index (κ2) is 8.64. The standard InChI is InChI=1S/C23H33N3O2/c1-24(16-18-6-3-2-4-7-18)22(27)20-8-5-13-26(17-20)21-11-14-25(15-12-21)23(28)19-9-10-19/h2-4,6-7,19-21H,5,8-17H2,1H3. The summed E-state index contributed by atoms with van der Waals surface area (Å²) in [5, 5.41) is 0. The summed E-state index contributed by atoms with van der Waals surface area (Å²) in [7, 11) is 1.93. The molecule has 28 heavy (non-hydrogen) atoms. The first-order valence-electron chi connectivity index (χ1n) is 10.9. The highest BCUT2D eigenvalue weighted by atomic mass is 16.2. The molecule has 1 saturated carbocycles. The average Bonchev–Trinajstić information content (AvgIpc) is 3.59. The third kappa shape index (κ3) is 4.57. The van der Waals surface area contributed by atoms with Gasteiger partial charge in [0.1, 0.15) is 0 Å². The lowest BCUT2D eigenvalue weighted by Gasteiger charge is -2.42. The number of hydrogen-bond donors (Lipinski definition) is 0. The van der Waals surface area contributed by atoms with Crippen molar-refractivity contribution in [1.29, 1.82) is 0 Å². The number of piperidine rings is 2. The van der Waals surface area contributed by atoms with Crippen LogP contribution in [0.4, 0.5) is 0 Å². The second-order valence-corrected chi connectivity index (χ2v) is 8.84. The second-order valence-electron chi connectivity index (χ2n) is 8.84. The summed E-state index contributed by atoms with van der Waals surface area (Å²) in [5.41, 5.74) is 1.18. The van der Waals surface area contributed by atoms with Crippen molar-refractivity contribution in [2.45, 2.75) is 51.1 Å². The summed E-state index contributed by atoms with van der Waals surface area (Å²) >= 11 is 0. The minimum absolute atomic E-state index is 0.105. The van der Waals surface area contributed by atoms with Gasteiger partial charge in [-0.3, -0.25) is 14.5 Å². The Morgan fingerprint density at radius 3 is 2.36 bits per heavy atom. The van der Waals surface area contributed by atoms with E-state index >= 15 is 0 Å². The van der Waals surface area contributed by atoms with E-state index in [1.807, 2.05) is 30.1 Å². The Hall–Kier alpha value is -1.88. The van der Waals surface area contributed by atoms with Crippen LogP contribution in [0, 0.1) is 11.8 Å². The maximum absolute atomic E-state index is 13.0. The van der Waals surface area contributed by atoms with Crippen molar-refractivity contribution in [3.8, 4) is 0 Å². The summed E-state index contributed by atoms with van der Waals surface area (Å²) in [6.45, 7) is 4.43. The maximum Gasteiger partial charge on any atom is 0.227 e. The van der Waals surface area contributed by atoms with Crippen LogP contribution in [0.5, 0.6) is 0 Å². The fourth-order valence-corrected chi connectivity index (χ4v) is 4.83. The van der Waals surface area contributed by atoms with Gasteiger partial charge in [0.05, 0.1) is 5.92 Å². The molecule has 0 aromatic heterocycles. The zero-order valence-electron chi connectivity index (χ0n) is 17.1. The zero-order valence-corrected chi connectivity index (χ0v) is 17.1. The molecule has 0 N–H and O–H groups in total. The van der Waals surface area contributed by atoms with Gasteiger partial charge in [0.25, 0.3) is 0 Å². The number of carbonyl (C=O) groups excluding carboxylic acids is 2. The van der Waals surface area contributed by atoms with Gasteiger partial charge in [-0.25, -0.2) is 0 Å². The Morgan fingerprint density at radius 2 is 1.68 bits per heavy atom. The van der Waals surface area contributed by atoms with Crippen molar-refractivity contribution in [3.05, 3.63) is 35.9 Å². The molecule has 2 saturated heterocycles. The molecule has 2 amide bonds. The maximum atomic E-state index is 13.0. The fourth-order valence-electron chi connectivity index (χ4n) is 4.83. The van der Waals surface area contributed by atoms with Crippen molar-refractivity contribution in [2.24, 2.45) is 11.8 Å². The zero-order chi connectivity index (χ0) is 19.5. The molecule has 0 spiro atoms. The topological polar surface area (TPSA) is 43.9 Å². The van der Waals surface area contributed by atoms with Crippen LogP contribution in [0.1, 0.15) is 44.1 Å². The minimum Gasteiger partial charge on any atom is -0.342 e. The molecule has 2 aliphatic heterocycles. The molecule has 1 aromatic carbocycles. The molecule has 152 valence electrons. The molecule has 1 aliphatic carbocycles. The predicted molar refractivity (Wildman–Crippen MR) is 110 cm³/mol. The molecular weight excluding hydrogens is 350 g/mol. The molecular formula is C23H33N3O2. The Morgan fingerprint density at radius 1 is 0.964 bits per heavy atom. The number of hydrogen-bond acceptors (Lipinski definition) is 3. The normalized spacial score (nSPS) is 24.2. The van der Waals surface area contributed by atoms with Gasteiger partial charge in [0.2, 0.25) is 11.8 Å². The largest absolute Gasteiger partial charge is 0.342 e. The van der Waals surface area contributed by atoms with E-state index in [2.05, 4.69) is 21.9 Å². The molecule has 3 fully saturated rings. The smallest absolute Gasteiger partial charge is 0.227 e. The van der Waals surface area contributed by atoms with Crippen molar-refractivity contribution >= 4 is 11.8 Å². The Bertz CT molecular complexity index is 680. The van der Waals surface area contributed by atoms with Gasteiger partial charge < -0.3 is 9.80 Å². The Labute approximate surface area is 168 Å². The molecule has 4 rings (SSSR count). The van der Waals surface area contributed by atoms with E-state index in [9.17, 15) is 9.59 Å². The lowest BCUT2D eigenvalue weighted by Crippen LogP contribution is -2.51. The highest BCUT2D eigenvalue weighted by Gasteiger charge is 2.37. The lowest BCUT2D eigenvalue weighted by molar-refractivity contribution is -0.137. The number of amides is 2. The van der Waals surface area contributed by atoms with Crippen LogP contribution in [0.25, 0.3) is 0 Å². The van der Waals surface area contributed by atoms with E-state index in [0.717, 1.165) is 64.7 Å². The molecule has 5 heteroatoms. The summed E-state index contributed by atoms with van der Waals surface area (Å²) in [6, 6.07) is 10.7. The van der Waals surface area contributed by atoms with E-state index in [1.165, 1.54) is 5.56 Å². The SMILES string of the molecule is CN(Cc1ccccc1)C(=O)C1CCCN(C2CCN(C(=O)C3CC3)CC2)C1. The molecule has 1 atom stereocenters. The fraction of sp³-hybridized carbons (Fsp3) is 0.652. The van der Waals surface area contributed by atoms with Crippen molar-refractivity contribution < 1.29 is 9.59 Å². The van der Waals surface area contributed by atoms with E-state index in [0.29, 0.717) is 24.4 Å². The van der Waals surface area contributed by atoms with Crippen LogP contribution >= 0.6 is 0 Å². The molecule has 0 radical (unpaired) electrons. The summed E-state index contributed by atoms with van der Waals surface area (Å²) in [6.07, 6.45) is 6.37. The Kier molecular flexibility index (Phi) is 6.00. The summed E-state index contributed by atoms with van der Waals surface area (Å²) < 4.78 is 0. The molecule has 0 bridgehead atoms. The minimum atomic E-state index is 0.105. The monoisotopic (exact) mass is 383 g/mol. The van der Waals surface area contributed by atoms with Gasteiger partial charge >= 0.3 is 0 Å². The highest BCUT2D eigenvalue weighted by Crippen LogP contribution is 2.32. The summed E-state index contributed by atoms with van der Waals surface area (Å²) in [4.78, 5) is 31.8. The molecule has 1 aromatic rings. The number of rotatable bonds is 5. The van der Waals surface area contributed by atoms with Crippen molar-refractivity contribution in [2.75, 3.05) is 33.2 Å². The van der Waals surface area contributed by atoms with Crippen LogP contribution in [0.3, 0.4) is 0 Å². The van der Waals surface area contributed by atoms with Gasteiger partial charge in [-0.15, -0.1) is 0 Å². The van der Waals surface area contributed by atoms with Gasteiger partial charge in [-0.1, -0.05) is 30.3 Å². The van der Waals surface area contributed by atoms with Crippen molar-refractivity contribution in [3.63, 3.8) is 0 Å². The number of carbonyl (C=O) groups is 2. The van der Waals surface area contributed by atoms with Gasteiger partial charge in [0.15, 0.2) is 0 Å². The first-order chi connectivity index (χ1) is 13.6. The predicted octanol–water partition coefficient (Wildman–Crippen LogP) is 2.76. The number of benzene rings is 1. The molecule has 1 unspecified atom stereocenters. The van der Waals surface area contributed by atoms with Crippen molar-refractivity contribution in [1.82, 2.24) is 14.7 Å². The van der Waals surface area contributed by atoms with Crippen LogP contribution in [-0.2, 0) is 16.1 Å². The molecule has 5 nitrogen and oxygen atoms in total. The van der Waals surface area contributed by atoms with Crippen LogP contribution in [0.2, 0.25) is 0 Å². The quantitative estimate of drug-likeness (QED) is 0.785.